The molecular formula is C16H17F2NO. The smallest absolute Gasteiger partial charge is 0.146 e. The number of hydrogen-bond donors (Lipinski definition) is 1. The Hall–Kier alpha value is -2.10. The van der Waals surface area contributed by atoms with Crippen molar-refractivity contribution >= 4 is 5.69 Å². The van der Waals surface area contributed by atoms with E-state index >= 15 is 0 Å². The molecule has 0 bridgehead atoms. The van der Waals surface area contributed by atoms with Crippen LogP contribution in [0.1, 0.15) is 24.1 Å². The first-order valence-corrected chi connectivity index (χ1v) is 6.37. The van der Waals surface area contributed by atoms with Gasteiger partial charge in [-0.15, -0.1) is 0 Å². The van der Waals surface area contributed by atoms with Crippen LogP contribution in [-0.2, 0) is 0 Å². The largest absolute Gasteiger partial charge is 0.497 e. The lowest BCUT2D eigenvalue weighted by Gasteiger charge is -2.17. The van der Waals surface area contributed by atoms with Crippen molar-refractivity contribution in [2.45, 2.75) is 19.9 Å². The molecule has 2 rings (SSSR count). The Labute approximate surface area is 117 Å². The van der Waals surface area contributed by atoms with E-state index in [0.29, 0.717) is 17.0 Å². The van der Waals surface area contributed by atoms with Crippen LogP contribution in [0.3, 0.4) is 0 Å². The third-order valence-electron chi connectivity index (χ3n) is 3.17. The predicted octanol–water partition coefficient (Wildman–Crippen LogP) is 4.45. The first-order valence-electron chi connectivity index (χ1n) is 6.37. The Balaban J connectivity index is 2.21. The van der Waals surface area contributed by atoms with Gasteiger partial charge in [0.05, 0.1) is 18.8 Å². The molecule has 1 N–H and O–H groups in total. The van der Waals surface area contributed by atoms with E-state index in [0.717, 1.165) is 5.56 Å². The minimum absolute atomic E-state index is 0.342. The summed E-state index contributed by atoms with van der Waals surface area (Å²) in [4.78, 5) is 0. The molecule has 0 aromatic heterocycles. The lowest BCUT2D eigenvalue weighted by Crippen LogP contribution is -2.10. The number of aryl methyl sites for hydroxylation is 1. The van der Waals surface area contributed by atoms with Crippen molar-refractivity contribution < 1.29 is 13.5 Å². The molecule has 2 aromatic rings. The highest BCUT2D eigenvalue weighted by molar-refractivity contribution is 5.48. The summed E-state index contributed by atoms with van der Waals surface area (Å²) in [7, 11) is 1.48. The highest BCUT2D eigenvalue weighted by Crippen LogP contribution is 2.26. The molecule has 0 aliphatic rings. The Morgan fingerprint density at radius 1 is 1.05 bits per heavy atom. The van der Waals surface area contributed by atoms with Crippen molar-refractivity contribution in [3.8, 4) is 5.75 Å². The minimum Gasteiger partial charge on any atom is -0.497 e. The molecule has 0 aliphatic carbocycles. The molecule has 2 nitrogen and oxygen atoms in total. The van der Waals surface area contributed by atoms with Gasteiger partial charge in [-0.2, -0.15) is 0 Å². The van der Waals surface area contributed by atoms with Gasteiger partial charge in [-0.25, -0.2) is 8.78 Å². The van der Waals surface area contributed by atoms with Crippen molar-refractivity contribution in [3.63, 3.8) is 0 Å². The van der Waals surface area contributed by atoms with E-state index in [1.165, 1.54) is 19.2 Å². The van der Waals surface area contributed by atoms with Gasteiger partial charge < -0.3 is 10.1 Å². The van der Waals surface area contributed by atoms with Crippen LogP contribution >= 0.6 is 0 Å². The Bertz CT molecular complexity index is 613. The maximum Gasteiger partial charge on any atom is 0.146 e. The average molecular weight is 277 g/mol. The molecule has 0 saturated heterocycles. The molecule has 4 heteroatoms. The minimum atomic E-state index is -0.378. The van der Waals surface area contributed by atoms with E-state index < -0.39 is 0 Å². The number of benzene rings is 2. The molecule has 1 atom stereocenters. The third-order valence-corrected chi connectivity index (χ3v) is 3.17. The van der Waals surface area contributed by atoms with Gasteiger partial charge in [0.2, 0.25) is 0 Å². The average Bonchev–Trinajstić information content (AvgIpc) is 2.41. The van der Waals surface area contributed by atoms with Crippen molar-refractivity contribution in [3.05, 3.63) is 59.2 Å². The maximum absolute atomic E-state index is 13.9. The molecule has 0 radical (unpaired) electrons. The second-order valence-electron chi connectivity index (χ2n) is 4.74. The molecule has 0 aliphatic heterocycles. The Morgan fingerprint density at radius 2 is 1.80 bits per heavy atom. The zero-order valence-corrected chi connectivity index (χ0v) is 11.7. The van der Waals surface area contributed by atoms with Gasteiger partial charge in [-0.3, -0.25) is 0 Å². The lowest BCUT2D eigenvalue weighted by atomic mass is 10.1. The van der Waals surface area contributed by atoms with E-state index in [1.54, 1.807) is 25.1 Å². The fraction of sp³-hybridized carbons (Fsp3) is 0.250. The first-order chi connectivity index (χ1) is 9.51. The van der Waals surface area contributed by atoms with Crippen LogP contribution in [0.2, 0.25) is 0 Å². The molecule has 1 unspecified atom stereocenters. The number of ether oxygens (including phenoxy) is 1. The Morgan fingerprint density at radius 3 is 2.40 bits per heavy atom. The summed E-state index contributed by atoms with van der Waals surface area (Å²) in [5.41, 5.74) is 1.67. The van der Waals surface area contributed by atoms with Crippen LogP contribution < -0.4 is 10.1 Å². The van der Waals surface area contributed by atoms with E-state index in [9.17, 15) is 8.78 Å². The van der Waals surface area contributed by atoms with E-state index in [2.05, 4.69) is 5.32 Å². The van der Waals surface area contributed by atoms with E-state index in [1.807, 2.05) is 13.0 Å². The number of nitrogens with one attached hydrogen (secondary N) is 1. The lowest BCUT2D eigenvalue weighted by molar-refractivity contribution is 0.410. The fourth-order valence-electron chi connectivity index (χ4n) is 2.03. The number of rotatable bonds is 4. The van der Waals surface area contributed by atoms with E-state index in [-0.39, 0.29) is 17.7 Å². The van der Waals surface area contributed by atoms with Crippen molar-refractivity contribution in [1.29, 1.82) is 0 Å². The zero-order chi connectivity index (χ0) is 14.7. The maximum atomic E-state index is 13.9. The van der Waals surface area contributed by atoms with Gasteiger partial charge >= 0.3 is 0 Å². The molecule has 0 heterocycles. The quantitative estimate of drug-likeness (QED) is 0.891. The van der Waals surface area contributed by atoms with E-state index in [4.69, 9.17) is 4.74 Å². The van der Waals surface area contributed by atoms with Gasteiger partial charge in [0.1, 0.15) is 17.4 Å². The third kappa shape index (κ3) is 3.07. The van der Waals surface area contributed by atoms with Gasteiger partial charge in [-0.05, 0) is 37.6 Å². The number of anilines is 1. The van der Waals surface area contributed by atoms with Crippen LogP contribution in [0, 0.1) is 18.6 Å². The highest BCUT2D eigenvalue weighted by Gasteiger charge is 2.13. The van der Waals surface area contributed by atoms with Crippen LogP contribution in [0.5, 0.6) is 5.75 Å². The van der Waals surface area contributed by atoms with Gasteiger partial charge in [0.25, 0.3) is 0 Å². The molecule has 20 heavy (non-hydrogen) atoms. The van der Waals surface area contributed by atoms with Crippen LogP contribution in [0.4, 0.5) is 14.5 Å². The van der Waals surface area contributed by atoms with Gasteiger partial charge in [-0.1, -0.05) is 12.1 Å². The van der Waals surface area contributed by atoms with Crippen LogP contribution in [-0.4, -0.2) is 7.11 Å². The van der Waals surface area contributed by atoms with Crippen molar-refractivity contribution in [1.82, 2.24) is 0 Å². The van der Waals surface area contributed by atoms with Crippen molar-refractivity contribution in [2.24, 2.45) is 0 Å². The molecule has 106 valence electrons. The number of methoxy groups -OCH3 is 1. The number of halogens is 2. The highest BCUT2D eigenvalue weighted by atomic mass is 19.1. The summed E-state index contributed by atoms with van der Waals surface area (Å²) in [6.45, 7) is 3.60. The predicted molar refractivity (Wildman–Crippen MR) is 76.1 cm³/mol. The molecule has 2 aromatic carbocycles. The second kappa shape index (κ2) is 5.90. The SMILES string of the molecule is COc1ccc(C(C)Nc2ccc(C)cc2F)c(F)c1. The normalized spacial score (nSPS) is 12.1. The van der Waals surface area contributed by atoms with Crippen LogP contribution in [0.15, 0.2) is 36.4 Å². The van der Waals surface area contributed by atoms with Crippen LogP contribution in [0.25, 0.3) is 0 Å². The zero-order valence-electron chi connectivity index (χ0n) is 11.7. The molecular weight excluding hydrogens is 260 g/mol. The molecule has 0 amide bonds. The summed E-state index contributed by atoms with van der Waals surface area (Å²) < 4.78 is 32.7. The van der Waals surface area contributed by atoms with Crippen molar-refractivity contribution in [2.75, 3.05) is 12.4 Å². The summed E-state index contributed by atoms with van der Waals surface area (Å²) in [5, 5.41) is 2.98. The summed E-state index contributed by atoms with van der Waals surface area (Å²) in [5.74, 6) is -0.261. The fourth-order valence-corrected chi connectivity index (χ4v) is 2.03. The van der Waals surface area contributed by atoms with Gasteiger partial charge in [0.15, 0.2) is 0 Å². The molecule has 0 spiro atoms. The molecule has 0 saturated carbocycles. The monoisotopic (exact) mass is 277 g/mol. The second-order valence-corrected chi connectivity index (χ2v) is 4.74. The van der Waals surface area contributed by atoms with Gasteiger partial charge in [0, 0.05) is 11.6 Å². The summed E-state index contributed by atoms with van der Waals surface area (Å²) in [6.07, 6.45) is 0. The standard InChI is InChI=1S/C16H17F2NO/c1-10-4-7-16(15(18)8-10)19-11(2)13-6-5-12(20-3)9-14(13)17/h4-9,11,19H,1-3H3. The Kier molecular flexibility index (Phi) is 4.23. The summed E-state index contributed by atoms with van der Waals surface area (Å²) in [6, 6.07) is 9.20. The number of hydrogen-bond acceptors (Lipinski definition) is 2. The topological polar surface area (TPSA) is 21.3 Å². The first kappa shape index (κ1) is 14.3. The summed E-state index contributed by atoms with van der Waals surface area (Å²) >= 11 is 0. The molecule has 0 fully saturated rings.